The van der Waals surface area contributed by atoms with E-state index >= 15 is 0 Å². The van der Waals surface area contributed by atoms with Gasteiger partial charge >= 0.3 is 6.01 Å². The smallest absolute Gasteiger partial charge is 0.334 e. The average molecular weight is 217 g/mol. The number of ether oxygens (including phenoxy) is 1. The third kappa shape index (κ3) is 3.04. The Bertz CT molecular complexity index is 507. The maximum Gasteiger partial charge on any atom is 0.334 e. The molecule has 1 rings (SSSR count). The molecule has 1 aromatic heterocycles. The molecule has 10 heteroatoms. The van der Waals surface area contributed by atoms with Crippen molar-refractivity contribution < 1.29 is 4.74 Å². The van der Waals surface area contributed by atoms with E-state index < -0.39 is 0 Å². The van der Waals surface area contributed by atoms with E-state index in [0.717, 1.165) is 0 Å². The average Bonchev–Trinajstić information content (AvgIpc) is 2.27. The van der Waals surface area contributed by atoms with E-state index in [1.54, 1.807) is 6.92 Å². The Hall–Kier alpha value is -3.01. The van der Waals surface area contributed by atoms with E-state index in [-0.39, 0.29) is 17.9 Å². The van der Waals surface area contributed by atoms with Crippen molar-refractivity contribution in [1.82, 2.24) is 15.0 Å². The van der Waals surface area contributed by atoms with Gasteiger partial charge in [-0.2, -0.15) is 9.97 Å². The number of hydrogen-bond donors (Lipinski definition) is 0. The summed E-state index contributed by atoms with van der Waals surface area (Å²) >= 11 is 0. The lowest BCUT2D eigenvalue weighted by Crippen LogP contribution is -1.93. The van der Waals surface area contributed by atoms with Gasteiger partial charge in [-0.1, -0.05) is 5.92 Å². The molecule has 0 N–H and O–H groups in total. The molecule has 0 unspecified atom stereocenters. The number of rotatable bonds is 3. The molecule has 0 aliphatic carbocycles. The maximum atomic E-state index is 8.19. The van der Waals surface area contributed by atoms with E-state index in [1.807, 2.05) is 0 Å². The molecular formula is C6H3N9O. The summed E-state index contributed by atoms with van der Waals surface area (Å²) < 4.78 is 4.74. The topological polar surface area (TPSA) is 145 Å². The molecule has 0 bridgehead atoms. The van der Waals surface area contributed by atoms with Crippen molar-refractivity contribution in [2.24, 2.45) is 10.2 Å². The summed E-state index contributed by atoms with van der Waals surface area (Å²) in [6.07, 6.45) is 2.23. The molecule has 0 aromatic carbocycles. The summed E-state index contributed by atoms with van der Waals surface area (Å²) in [4.78, 5) is 15.7. The van der Waals surface area contributed by atoms with Crippen LogP contribution >= 0.6 is 0 Å². The molecule has 0 amide bonds. The summed E-state index contributed by atoms with van der Waals surface area (Å²) in [5.74, 6) is 1.90. The fraction of sp³-hybridized carbons (Fsp3) is 0.167. The molecule has 0 spiro atoms. The van der Waals surface area contributed by atoms with Gasteiger partial charge in [0.25, 0.3) is 0 Å². The van der Waals surface area contributed by atoms with Crippen LogP contribution < -0.4 is 4.74 Å². The Morgan fingerprint density at radius 1 is 1.12 bits per heavy atom. The largest absolute Gasteiger partial charge is 0.370 e. The Labute approximate surface area is 88.6 Å². The van der Waals surface area contributed by atoms with Crippen LogP contribution in [0.1, 0.15) is 6.92 Å². The van der Waals surface area contributed by atoms with Crippen LogP contribution in [0, 0.1) is 12.0 Å². The second kappa shape index (κ2) is 5.66. The van der Waals surface area contributed by atoms with Gasteiger partial charge in [-0.05, 0) is 21.3 Å². The first-order valence-electron chi connectivity index (χ1n) is 3.75. The highest BCUT2D eigenvalue weighted by Crippen LogP contribution is 2.15. The monoisotopic (exact) mass is 217 g/mol. The van der Waals surface area contributed by atoms with Crippen LogP contribution in [0.3, 0.4) is 0 Å². The molecule has 0 fully saturated rings. The molecule has 1 aromatic rings. The summed E-state index contributed by atoms with van der Waals surface area (Å²) in [5, 5.41) is 6.25. The second-order valence-electron chi connectivity index (χ2n) is 2.05. The van der Waals surface area contributed by atoms with Gasteiger partial charge in [-0.3, -0.25) is 0 Å². The van der Waals surface area contributed by atoms with Crippen molar-refractivity contribution in [1.29, 1.82) is 0 Å². The van der Waals surface area contributed by atoms with Crippen LogP contribution in [0.25, 0.3) is 20.9 Å². The third-order valence-corrected chi connectivity index (χ3v) is 1.10. The first kappa shape index (κ1) is 11.1. The van der Waals surface area contributed by atoms with E-state index in [9.17, 15) is 0 Å². The van der Waals surface area contributed by atoms with Gasteiger partial charge in [0.15, 0.2) is 0 Å². The van der Waals surface area contributed by atoms with Crippen molar-refractivity contribution in [3.05, 3.63) is 20.9 Å². The first-order valence-corrected chi connectivity index (χ1v) is 3.75. The van der Waals surface area contributed by atoms with Crippen molar-refractivity contribution in [2.75, 3.05) is 0 Å². The molecule has 0 saturated heterocycles. The number of nitrogens with zero attached hydrogens (tertiary/aromatic N) is 9. The highest BCUT2D eigenvalue weighted by atomic mass is 16.5. The predicted octanol–water partition coefficient (Wildman–Crippen LogP) is 2.11. The molecule has 16 heavy (non-hydrogen) atoms. The van der Waals surface area contributed by atoms with Gasteiger partial charge in [0.2, 0.25) is 11.9 Å². The van der Waals surface area contributed by atoms with E-state index in [0.29, 0.717) is 0 Å². The normalized spacial score (nSPS) is 7.81. The molecule has 0 radical (unpaired) electrons. The predicted molar refractivity (Wildman–Crippen MR) is 51.5 cm³/mol. The van der Waals surface area contributed by atoms with Gasteiger partial charge in [-0.15, -0.1) is 0 Å². The lowest BCUT2D eigenvalue weighted by atomic mass is 10.8. The van der Waals surface area contributed by atoms with Gasteiger partial charge in [0.05, 0.1) is 0 Å². The molecule has 78 valence electrons. The summed E-state index contributed by atoms with van der Waals surface area (Å²) in [7, 11) is 0. The van der Waals surface area contributed by atoms with Crippen LogP contribution in [0.4, 0.5) is 11.9 Å². The molecule has 0 aliphatic heterocycles. The summed E-state index contributed by atoms with van der Waals surface area (Å²) in [6, 6.07) is -0.214. The lowest BCUT2D eigenvalue weighted by Gasteiger charge is -1.96. The Kier molecular flexibility index (Phi) is 3.92. The fourth-order valence-corrected chi connectivity index (χ4v) is 0.647. The van der Waals surface area contributed by atoms with Crippen molar-refractivity contribution in [3.8, 4) is 18.0 Å². The minimum atomic E-state index is -0.271. The molecule has 10 nitrogen and oxygen atoms in total. The van der Waals surface area contributed by atoms with Crippen LogP contribution in [0.5, 0.6) is 6.01 Å². The van der Waals surface area contributed by atoms with Gasteiger partial charge in [0, 0.05) is 16.7 Å². The quantitative estimate of drug-likeness (QED) is 0.330. The number of hydrogen-bond acceptors (Lipinski definition) is 6. The minimum absolute atomic E-state index is 0.214. The second-order valence-corrected chi connectivity index (χ2v) is 2.05. The Balaban J connectivity index is 3.20. The van der Waals surface area contributed by atoms with Gasteiger partial charge < -0.3 is 4.74 Å². The summed E-state index contributed by atoms with van der Waals surface area (Å²) in [5.41, 5.74) is 16.4. The van der Waals surface area contributed by atoms with Crippen LogP contribution in [0.2, 0.25) is 0 Å². The zero-order valence-corrected chi connectivity index (χ0v) is 7.93. The van der Waals surface area contributed by atoms with Crippen molar-refractivity contribution >= 4 is 11.9 Å². The maximum absolute atomic E-state index is 8.19. The molecule has 0 saturated carbocycles. The van der Waals surface area contributed by atoms with Crippen LogP contribution in [-0.4, -0.2) is 15.0 Å². The van der Waals surface area contributed by atoms with Crippen LogP contribution in [-0.2, 0) is 0 Å². The summed E-state index contributed by atoms with van der Waals surface area (Å²) in [6.45, 7) is 1.55. The molecular weight excluding hydrogens is 214 g/mol. The van der Waals surface area contributed by atoms with E-state index in [2.05, 4.69) is 47.0 Å². The van der Waals surface area contributed by atoms with Crippen molar-refractivity contribution in [2.45, 2.75) is 6.92 Å². The Morgan fingerprint density at radius 2 is 1.69 bits per heavy atom. The standard InChI is InChI=1S/C6H3N9O/c1-2-3-16-6-10-4(12-14-7)9-5(11-6)13-15-8/h1H3. The fourth-order valence-electron chi connectivity index (χ4n) is 0.647. The zero-order chi connectivity index (χ0) is 11.8. The van der Waals surface area contributed by atoms with Crippen LogP contribution in [0.15, 0.2) is 10.2 Å². The minimum Gasteiger partial charge on any atom is -0.370 e. The van der Waals surface area contributed by atoms with Gasteiger partial charge in [-0.25, -0.2) is 4.98 Å². The van der Waals surface area contributed by atoms with E-state index in [1.165, 1.54) is 0 Å². The van der Waals surface area contributed by atoms with Gasteiger partial charge in [0.1, 0.15) is 6.11 Å². The number of aromatic nitrogens is 3. The van der Waals surface area contributed by atoms with E-state index in [4.69, 9.17) is 15.8 Å². The molecule has 0 atom stereocenters. The lowest BCUT2D eigenvalue weighted by molar-refractivity contribution is 0.472. The van der Waals surface area contributed by atoms with Crippen molar-refractivity contribution in [3.63, 3.8) is 0 Å². The first-order chi connectivity index (χ1) is 7.80. The Morgan fingerprint density at radius 3 is 2.12 bits per heavy atom. The highest BCUT2D eigenvalue weighted by molar-refractivity contribution is 5.27. The number of azide groups is 2. The molecule has 0 aliphatic rings. The third-order valence-electron chi connectivity index (χ3n) is 1.10. The highest BCUT2D eigenvalue weighted by Gasteiger charge is 2.04. The SMILES string of the molecule is CC#COc1nc(N=[N+]=[N-])nc(N=[N+]=[N-])n1. The molecule has 1 heterocycles. The zero-order valence-electron chi connectivity index (χ0n) is 7.93.